The highest BCUT2D eigenvalue weighted by molar-refractivity contribution is 7.99. The average molecular weight is 315 g/mol. The largest absolute Gasteiger partial charge is 0.328 e. The van der Waals surface area contributed by atoms with Crippen molar-refractivity contribution in [3.05, 3.63) is 48.5 Å². The van der Waals surface area contributed by atoms with Crippen LogP contribution in [0.4, 0.5) is 6.01 Å². The number of hydrogen-bond acceptors (Lipinski definition) is 6. The molecule has 0 aliphatic rings. The summed E-state index contributed by atoms with van der Waals surface area (Å²) in [6, 6.07) is 9.92. The van der Waals surface area contributed by atoms with Crippen molar-refractivity contribution >= 4 is 23.7 Å². The lowest BCUT2D eigenvalue weighted by atomic mass is 10.3. The molecule has 0 radical (unpaired) electrons. The molecule has 3 rings (SSSR count). The van der Waals surface area contributed by atoms with Gasteiger partial charge in [-0.1, -0.05) is 35.1 Å². The van der Waals surface area contributed by atoms with Crippen molar-refractivity contribution in [3.63, 3.8) is 0 Å². The third-order valence-corrected chi connectivity index (χ3v) is 3.71. The second-order valence-corrected chi connectivity index (χ2v) is 5.34. The number of nitrogens with zero attached hydrogens (tertiary/aromatic N) is 4. The highest BCUT2D eigenvalue weighted by atomic mass is 32.2. The van der Waals surface area contributed by atoms with Crippen molar-refractivity contribution in [1.82, 2.24) is 19.7 Å². The summed E-state index contributed by atoms with van der Waals surface area (Å²) in [4.78, 5) is 20.1. The first kappa shape index (κ1) is 14.3. The maximum absolute atomic E-state index is 11.9. The Morgan fingerprint density at radius 2 is 2.18 bits per heavy atom. The number of aryl methyl sites for hydroxylation is 1. The molecule has 0 atom stereocenters. The summed E-state index contributed by atoms with van der Waals surface area (Å²) in [5.74, 6) is 0.449. The van der Waals surface area contributed by atoms with Crippen molar-refractivity contribution in [1.29, 1.82) is 0 Å². The number of carbonyl (C=O) groups excluding carboxylic acids is 1. The molecule has 0 aliphatic carbocycles. The van der Waals surface area contributed by atoms with E-state index in [2.05, 4.69) is 20.4 Å². The van der Waals surface area contributed by atoms with Crippen LogP contribution < -0.4 is 5.32 Å². The summed E-state index contributed by atoms with van der Waals surface area (Å²) in [6.07, 6.45) is 3.56. The number of carbonyl (C=O) groups is 1. The molecule has 0 unspecified atom stereocenters. The Hall–Kier alpha value is -2.61. The predicted octanol–water partition coefficient (Wildman–Crippen LogP) is 2.29. The molecule has 0 aliphatic heterocycles. The highest BCUT2D eigenvalue weighted by Crippen LogP contribution is 2.20. The fourth-order valence-corrected chi connectivity index (χ4v) is 2.59. The molecule has 0 saturated carbocycles. The molecule has 0 bridgehead atoms. The van der Waals surface area contributed by atoms with E-state index in [0.29, 0.717) is 5.82 Å². The molecular weight excluding hydrogens is 302 g/mol. The van der Waals surface area contributed by atoms with Gasteiger partial charge in [0, 0.05) is 18.1 Å². The summed E-state index contributed by atoms with van der Waals surface area (Å²) in [5, 5.41) is 6.90. The van der Waals surface area contributed by atoms with Gasteiger partial charge >= 0.3 is 6.01 Å². The fraction of sp³-hybridized carbons (Fsp3) is 0.143. The van der Waals surface area contributed by atoms with Gasteiger partial charge in [-0.25, -0.2) is 4.98 Å². The van der Waals surface area contributed by atoms with Gasteiger partial charge in [0.15, 0.2) is 11.0 Å². The van der Waals surface area contributed by atoms with E-state index < -0.39 is 0 Å². The normalized spacial score (nSPS) is 10.6. The molecule has 1 aromatic carbocycles. The second-order valence-electron chi connectivity index (χ2n) is 4.40. The first-order valence-electron chi connectivity index (χ1n) is 6.54. The number of thioether (sulfide) groups is 1. The summed E-state index contributed by atoms with van der Waals surface area (Å²) < 4.78 is 6.77. The smallest absolute Gasteiger partial charge is 0.315 e. The van der Waals surface area contributed by atoms with Crippen molar-refractivity contribution in [2.24, 2.45) is 0 Å². The van der Waals surface area contributed by atoms with E-state index in [1.165, 1.54) is 11.8 Å². The maximum atomic E-state index is 11.9. The molecule has 112 valence electrons. The third-order valence-electron chi connectivity index (χ3n) is 2.75. The zero-order chi connectivity index (χ0) is 15.4. The Bertz CT molecular complexity index is 768. The monoisotopic (exact) mass is 315 g/mol. The maximum Gasteiger partial charge on any atom is 0.328 e. The molecule has 2 heterocycles. The number of hydrogen-bond donors (Lipinski definition) is 1. The SMILES string of the molecule is Cc1noc(NC(=O)CSc2nccn2-c2ccccc2)n1. The molecule has 8 heteroatoms. The Kier molecular flexibility index (Phi) is 4.19. The Morgan fingerprint density at radius 3 is 2.91 bits per heavy atom. The zero-order valence-corrected chi connectivity index (χ0v) is 12.6. The van der Waals surface area contributed by atoms with Crippen molar-refractivity contribution in [3.8, 4) is 5.69 Å². The number of rotatable bonds is 5. The van der Waals surface area contributed by atoms with Crippen molar-refractivity contribution in [2.45, 2.75) is 12.1 Å². The van der Waals surface area contributed by atoms with Gasteiger partial charge in [-0.2, -0.15) is 4.98 Å². The minimum absolute atomic E-state index is 0.106. The van der Waals surface area contributed by atoms with Gasteiger partial charge in [0.25, 0.3) is 0 Å². The van der Waals surface area contributed by atoms with Crippen LogP contribution in [0.25, 0.3) is 5.69 Å². The number of aromatic nitrogens is 4. The standard InChI is InChI=1S/C14H13N5O2S/c1-10-16-13(21-18-10)17-12(20)9-22-14-15-7-8-19(14)11-5-3-2-4-6-11/h2-8H,9H2,1H3,(H,16,17,18,20). The summed E-state index contributed by atoms with van der Waals surface area (Å²) in [6.45, 7) is 1.69. The molecule has 22 heavy (non-hydrogen) atoms. The van der Waals surface area contributed by atoms with Gasteiger partial charge in [-0.15, -0.1) is 0 Å². The first-order chi connectivity index (χ1) is 10.7. The Balaban J connectivity index is 1.63. The third kappa shape index (κ3) is 3.34. The zero-order valence-electron chi connectivity index (χ0n) is 11.8. The average Bonchev–Trinajstić information content (AvgIpc) is 3.15. The molecule has 7 nitrogen and oxygen atoms in total. The van der Waals surface area contributed by atoms with Crippen molar-refractivity contribution < 1.29 is 9.32 Å². The van der Waals surface area contributed by atoms with E-state index in [4.69, 9.17) is 4.52 Å². The van der Waals surface area contributed by atoms with Crippen molar-refractivity contribution in [2.75, 3.05) is 11.1 Å². The van der Waals surface area contributed by atoms with E-state index >= 15 is 0 Å². The summed E-state index contributed by atoms with van der Waals surface area (Å²) in [5.41, 5.74) is 0.996. The van der Waals surface area contributed by atoms with Crippen LogP contribution in [0.15, 0.2) is 52.4 Å². The van der Waals surface area contributed by atoms with Crippen LogP contribution in [0.1, 0.15) is 5.82 Å². The number of nitrogens with one attached hydrogen (secondary N) is 1. The van der Waals surface area contributed by atoms with Gasteiger partial charge in [0.2, 0.25) is 5.91 Å². The van der Waals surface area contributed by atoms with Gasteiger partial charge < -0.3 is 4.52 Å². The lowest BCUT2D eigenvalue weighted by Crippen LogP contribution is -2.14. The molecule has 0 fully saturated rings. The van der Waals surface area contributed by atoms with Gasteiger partial charge in [-0.3, -0.25) is 14.7 Å². The van der Waals surface area contributed by atoms with Crippen LogP contribution >= 0.6 is 11.8 Å². The van der Waals surface area contributed by atoms with E-state index in [1.54, 1.807) is 13.1 Å². The van der Waals surface area contributed by atoms with Gasteiger partial charge in [0.1, 0.15) is 0 Å². The van der Waals surface area contributed by atoms with E-state index in [0.717, 1.165) is 10.8 Å². The van der Waals surface area contributed by atoms with E-state index in [1.807, 2.05) is 41.1 Å². The van der Waals surface area contributed by atoms with Crippen LogP contribution in [0.5, 0.6) is 0 Å². The Morgan fingerprint density at radius 1 is 1.36 bits per heavy atom. The quantitative estimate of drug-likeness (QED) is 0.727. The van der Waals surface area contributed by atoms with Crippen LogP contribution in [-0.4, -0.2) is 31.4 Å². The summed E-state index contributed by atoms with van der Waals surface area (Å²) in [7, 11) is 0. The predicted molar refractivity (Wildman–Crippen MR) is 82.0 cm³/mol. The van der Waals surface area contributed by atoms with Gasteiger partial charge in [0.05, 0.1) is 5.75 Å². The summed E-state index contributed by atoms with van der Waals surface area (Å²) >= 11 is 1.33. The fourth-order valence-electron chi connectivity index (χ4n) is 1.81. The molecular formula is C14H13N5O2S. The van der Waals surface area contributed by atoms with Crippen LogP contribution in [0.2, 0.25) is 0 Å². The minimum atomic E-state index is -0.226. The van der Waals surface area contributed by atoms with E-state index in [-0.39, 0.29) is 17.7 Å². The number of amides is 1. The van der Waals surface area contributed by atoms with Crippen LogP contribution in [0, 0.1) is 6.92 Å². The number of imidazole rings is 1. The topological polar surface area (TPSA) is 85.8 Å². The van der Waals surface area contributed by atoms with Crippen LogP contribution in [-0.2, 0) is 4.79 Å². The number of benzene rings is 1. The molecule has 3 aromatic rings. The lowest BCUT2D eigenvalue weighted by Gasteiger charge is -2.06. The molecule has 2 aromatic heterocycles. The molecule has 0 spiro atoms. The highest BCUT2D eigenvalue weighted by Gasteiger charge is 2.11. The second kappa shape index (κ2) is 6.44. The van der Waals surface area contributed by atoms with Crippen LogP contribution in [0.3, 0.4) is 0 Å². The minimum Gasteiger partial charge on any atom is -0.315 e. The lowest BCUT2D eigenvalue weighted by molar-refractivity contribution is -0.114. The van der Waals surface area contributed by atoms with E-state index in [9.17, 15) is 4.79 Å². The molecule has 1 amide bonds. The molecule has 1 N–H and O–H groups in total. The Labute approximate surface area is 130 Å². The number of para-hydroxylation sites is 1. The molecule has 0 saturated heterocycles. The first-order valence-corrected chi connectivity index (χ1v) is 7.52. The van der Waals surface area contributed by atoms with Gasteiger partial charge in [-0.05, 0) is 19.1 Å². The number of anilines is 1.